The summed E-state index contributed by atoms with van der Waals surface area (Å²) < 4.78 is 10.2. The number of ether oxygens (including phenoxy) is 2. The van der Waals surface area contributed by atoms with E-state index in [1.165, 1.54) is 0 Å². The van der Waals surface area contributed by atoms with Crippen molar-refractivity contribution in [2.45, 2.75) is 39.2 Å². The molecule has 0 aromatic heterocycles. The van der Waals surface area contributed by atoms with Gasteiger partial charge in [-0.25, -0.2) is 4.79 Å². The molecule has 0 N–H and O–H groups in total. The molecule has 1 aliphatic carbocycles. The van der Waals surface area contributed by atoms with Gasteiger partial charge in [0.25, 0.3) is 0 Å². The Labute approximate surface area is 103 Å². The van der Waals surface area contributed by atoms with Crippen molar-refractivity contribution in [2.75, 3.05) is 26.8 Å². The third-order valence-corrected chi connectivity index (χ3v) is 3.33. The fourth-order valence-electron chi connectivity index (χ4n) is 2.01. The van der Waals surface area contributed by atoms with Crippen LogP contribution in [0.3, 0.4) is 0 Å². The first-order valence-corrected chi connectivity index (χ1v) is 6.22. The van der Waals surface area contributed by atoms with Gasteiger partial charge in [0.15, 0.2) is 0 Å². The smallest absolute Gasteiger partial charge is 0.435 e. The Bertz CT molecular complexity index is 255. The zero-order chi connectivity index (χ0) is 12.9. The second-order valence-electron chi connectivity index (χ2n) is 4.41. The summed E-state index contributed by atoms with van der Waals surface area (Å²) in [6.45, 7) is 7.81. The van der Waals surface area contributed by atoms with E-state index in [-0.39, 0.29) is 5.60 Å². The third-order valence-electron chi connectivity index (χ3n) is 3.33. The van der Waals surface area contributed by atoms with E-state index in [1.54, 1.807) is 14.0 Å². The van der Waals surface area contributed by atoms with E-state index in [9.17, 15) is 4.79 Å². The highest BCUT2D eigenvalue weighted by atomic mass is 16.7. The molecule has 0 aromatic rings. The Morgan fingerprint density at radius 1 is 1.47 bits per heavy atom. The van der Waals surface area contributed by atoms with Crippen LogP contribution in [-0.2, 0) is 14.3 Å². The number of carbonyl (C=O) groups is 1. The maximum atomic E-state index is 11.3. The highest BCUT2D eigenvalue weighted by Crippen LogP contribution is 2.49. The second-order valence-corrected chi connectivity index (χ2v) is 4.41. The predicted octanol–water partition coefficient (Wildman–Crippen LogP) is 2.21. The van der Waals surface area contributed by atoms with Gasteiger partial charge in [0.05, 0.1) is 13.7 Å². The first-order chi connectivity index (χ1) is 8.07. The Balaban J connectivity index is 2.39. The van der Waals surface area contributed by atoms with Crippen molar-refractivity contribution in [1.29, 1.82) is 0 Å². The van der Waals surface area contributed by atoms with Crippen LogP contribution in [0.15, 0.2) is 0 Å². The standard InChI is InChI=1S/C12H23NO4/c1-5-13(15-4)8-7-12(9-10(12)3)17-11(14)16-6-2/h10H,5-9H2,1-4H3/t10-,12-/m1/s1. The molecule has 0 amide bonds. The lowest BCUT2D eigenvalue weighted by Gasteiger charge is -2.22. The Kier molecular flexibility index (Phi) is 5.21. The molecule has 2 atom stereocenters. The van der Waals surface area contributed by atoms with Gasteiger partial charge >= 0.3 is 6.16 Å². The van der Waals surface area contributed by atoms with Crippen LogP contribution in [0.1, 0.15) is 33.6 Å². The van der Waals surface area contributed by atoms with Gasteiger partial charge in [-0.15, -0.1) is 0 Å². The average Bonchev–Trinajstić information content (AvgIpc) is 2.90. The molecule has 1 fully saturated rings. The first-order valence-electron chi connectivity index (χ1n) is 6.22. The molecule has 0 aromatic carbocycles. The zero-order valence-corrected chi connectivity index (χ0v) is 11.2. The van der Waals surface area contributed by atoms with Crippen molar-refractivity contribution in [2.24, 2.45) is 5.92 Å². The maximum absolute atomic E-state index is 11.3. The monoisotopic (exact) mass is 245 g/mol. The van der Waals surface area contributed by atoms with Crippen molar-refractivity contribution in [1.82, 2.24) is 5.06 Å². The van der Waals surface area contributed by atoms with Gasteiger partial charge < -0.3 is 14.3 Å². The van der Waals surface area contributed by atoms with Gasteiger partial charge in [0, 0.05) is 19.5 Å². The number of hydrogen-bond acceptors (Lipinski definition) is 5. The van der Waals surface area contributed by atoms with Gasteiger partial charge in [-0.3, -0.25) is 0 Å². The third kappa shape index (κ3) is 3.85. The molecule has 1 rings (SSSR count). The van der Waals surface area contributed by atoms with Crippen LogP contribution in [0.2, 0.25) is 0 Å². The topological polar surface area (TPSA) is 48.0 Å². The SMILES string of the molecule is CCOC(=O)O[C@]1(CCN(CC)OC)C[C@H]1C. The summed E-state index contributed by atoms with van der Waals surface area (Å²) >= 11 is 0. The van der Waals surface area contributed by atoms with Crippen LogP contribution in [0, 0.1) is 5.92 Å². The van der Waals surface area contributed by atoms with Crippen molar-refractivity contribution < 1.29 is 19.1 Å². The molecule has 0 radical (unpaired) electrons. The molecule has 5 heteroatoms. The molecule has 0 spiro atoms. The van der Waals surface area contributed by atoms with Crippen molar-refractivity contribution in [3.8, 4) is 0 Å². The van der Waals surface area contributed by atoms with Gasteiger partial charge in [-0.05, 0) is 19.3 Å². The van der Waals surface area contributed by atoms with E-state index in [1.807, 2.05) is 12.0 Å². The molecule has 0 aliphatic heterocycles. The number of carbonyl (C=O) groups excluding carboxylic acids is 1. The van der Waals surface area contributed by atoms with Gasteiger partial charge in [-0.1, -0.05) is 13.8 Å². The van der Waals surface area contributed by atoms with Gasteiger partial charge in [-0.2, -0.15) is 5.06 Å². The van der Waals surface area contributed by atoms with Crippen LogP contribution in [0.5, 0.6) is 0 Å². The number of hydroxylamine groups is 2. The summed E-state index contributed by atoms with van der Waals surface area (Å²) in [4.78, 5) is 16.5. The van der Waals surface area contributed by atoms with Crippen LogP contribution in [0.4, 0.5) is 4.79 Å². The molecule has 0 bridgehead atoms. The number of hydrogen-bond donors (Lipinski definition) is 0. The highest BCUT2D eigenvalue weighted by molar-refractivity contribution is 5.61. The molecule has 0 unspecified atom stereocenters. The van der Waals surface area contributed by atoms with Gasteiger partial charge in [0.1, 0.15) is 5.60 Å². The Morgan fingerprint density at radius 2 is 2.12 bits per heavy atom. The summed E-state index contributed by atoms with van der Waals surface area (Å²) in [6, 6.07) is 0. The quantitative estimate of drug-likeness (QED) is 0.508. The molecule has 17 heavy (non-hydrogen) atoms. The van der Waals surface area contributed by atoms with Crippen LogP contribution in [0.25, 0.3) is 0 Å². The van der Waals surface area contributed by atoms with Crippen molar-refractivity contribution in [3.05, 3.63) is 0 Å². The summed E-state index contributed by atoms with van der Waals surface area (Å²) in [6.07, 6.45) is 1.14. The fraction of sp³-hybridized carbons (Fsp3) is 0.917. The van der Waals surface area contributed by atoms with E-state index in [0.717, 1.165) is 25.9 Å². The Morgan fingerprint density at radius 3 is 2.53 bits per heavy atom. The fourth-order valence-corrected chi connectivity index (χ4v) is 2.01. The molecule has 5 nitrogen and oxygen atoms in total. The average molecular weight is 245 g/mol. The molecule has 0 saturated heterocycles. The molecular weight excluding hydrogens is 222 g/mol. The van der Waals surface area contributed by atoms with Crippen LogP contribution in [-0.4, -0.2) is 43.6 Å². The first kappa shape index (κ1) is 14.3. The lowest BCUT2D eigenvalue weighted by molar-refractivity contribution is -0.134. The minimum Gasteiger partial charge on any atom is -0.435 e. The minimum absolute atomic E-state index is 0.335. The number of rotatable bonds is 7. The molecule has 100 valence electrons. The minimum atomic E-state index is -0.558. The van der Waals surface area contributed by atoms with E-state index >= 15 is 0 Å². The lowest BCUT2D eigenvalue weighted by Crippen LogP contribution is -2.30. The van der Waals surface area contributed by atoms with Crippen molar-refractivity contribution >= 4 is 6.16 Å². The highest BCUT2D eigenvalue weighted by Gasteiger charge is 2.55. The normalized spacial score (nSPS) is 27.0. The second kappa shape index (κ2) is 6.21. The summed E-state index contributed by atoms with van der Waals surface area (Å²) in [5.41, 5.74) is -0.335. The van der Waals surface area contributed by atoms with Gasteiger partial charge in [0.2, 0.25) is 0 Å². The van der Waals surface area contributed by atoms with Crippen LogP contribution >= 0.6 is 0 Å². The largest absolute Gasteiger partial charge is 0.508 e. The van der Waals surface area contributed by atoms with Crippen LogP contribution < -0.4 is 0 Å². The van der Waals surface area contributed by atoms with E-state index in [4.69, 9.17) is 14.3 Å². The van der Waals surface area contributed by atoms with E-state index < -0.39 is 6.16 Å². The summed E-state index contributed by atoms with van der Waals surface area (Å²) in [5, 5.41) is 1.85. The molecular formula is C12H23NO4. The molecule has 1 aliphatic rings. The summed E-state index contributed by atoms with van der Waals surface area (Å²) in [7, 11) is 1.65. The zero-order valence-electron chi connectivity index (χ0n) is 11.2. The number of nitrogens with zero attached hydrogens (tertiary/aromatic N) is 1. The lowest BCUT2D eigenvalue weighted by atomic mass is 10.2. The Hall–Kier alpha value is -0.810. The summed E-state index contributed by atoms with van der Waals surface area (Å²) in [5.74, 6) is 0.405. The molecule has 1 saturated carbocycles. The van der Waals surface area contributed by atoms with E-state index in [2.05, 4.69) is 6.92 Å². The predicted molar refractivity (Wildman–Crippen MR) is 63.5 cm³/mol. The molecule has 0 heterocycles. The van der Waals surface area contributed by atoms with Crippen molar-refractivity contribution in [3.63, 3.8) is 0 Å². The van der Waals surface area contributed by atoms with E-state index in [0.29, 0.717) is 12.5 Å². The maximum Gasteiger partial charge on any atom is 0.508 e.